The van der Waals surface area contributed by atoms with Gasteiger partial charge in [0.15, 0.2) is 0 Å². The Morgan fingerprint density at radius 3 is 2.40 bits per heavy atom. The van der Waals surface area contributed by atoms with Gasteiger partial charge in [-0.15, -0.1) is 11.3 Å². The number of nitrogens with zero attached hydrogens (tertiary/aromatic N) is 2. The van der Waals surface area contributed by atoms with Crippen LogP contribution in [0, 0.1) is 0 Å². The van der Waals surface area contributed by atoms with Crippen LogP contribution in [0.3, 0.4) is 0 Å². The number of hydrogen-bond donors (Lipinski definition) is 1. The Morgan fingerprint density at radius 2 is 1.71 bits per heavy atom. The van der Waals surface area contributed by atoms with Crippen molar-refractivity contribution in [2.45, 2.75) is 18.7 Å². The molecule has 0 aliphatic heterocycles. The summed E-state index contributed by atoms with van der Waals surface area (Å²) in [5.74, 6) is 0. The van der Waals surface area contributed by atoms with Gasteiger partial charge in [-0.3, -0.25) is 4.55 Å². The molecule has 0 bridgehead atoms. The Balaban J connectivity index is 1.80. The highest BCUT2D eigenvalue weighted by molar-refractivity contribution is 7.85. The molecule has 3 aromatic carbocycles. The van der Waals surface area contributed by atoms with Gasteiger partial charge in [0, 0.05) is 35.8 Å². The van der Waals surface area contributed by atoms with Crippen molar-refractivity contribution in [3.63, 3.8) is 0 Å². The van der Waals surface area contributed by atoms with Crippen molar-refractivity contribution >= 4 is 48.3 Å². The van der Waals surface area contributed by atoms with Crippen LogP contribution in [0.15, 0.2) is 80.8 Å². The summed E-state index contributed by atoms with van der Waals surface area (Å²) in [7, 11) is -4.36. The first-order valence-electron chi connectivity index (χ1n) is 11.1. The first-order chi connectivity index (χ1) is 16.8. The van der Waals surface area contributed by atoms with Gasteiger partial charge >= 0.3 is 5.63 Å². The van der Waals surface area contributed by atoms with Crippen LogP contribution in [0.5, 0.6) is 0 Å². The minimum Gasteiger partial charge on any atom is -0.422 e. The molecule has 0 spiro atoms. The molecule has 0 saturated heterocycles. The number of benzene rings is 3. The van der Waals surface area contributed by atoms with Crippen LogP contribution < -0.4 is 10.5 Å². The summed E-state index contributed by atoms with van der Waals surface area (Å²) in [6.07, 6.45) is 0. The van der Waals surface area contributed by atoms with E-state index in [-0.39, 0.29) is 4.90 Å². The van der Waals surface area contributed by atoms with Gasteiger partial charge in [0.1, 0.15) is 16.2 Å². The monoisotopic (exact) mass is 506 g/mol. The fraction of sp³-hybridized carbons (Fsp3) is 0.154. The Kier molecular flexibility index (Phi) is 5.92. The van der Waals surface area contributed by atoms with Gasteiger partial charge < -0.3 is 9.32 Å². The molecule has 0 saturated carbocycles. The van der Waals surface area contributed by atoms with Crippen LogP contribution >= 0.6 is 11.3 Å². The molecule has 9 heteroatoms. The topological polar surface area (TPSA) is 101 Å². The van der Waals surface area contributed by atoms with E-state index in [0.717, 1.165) is 29.7 Å². The number of rotatable bonds is 6. The van der Waals surface area contributed by atoms with Crippen molar-refractivity contribution in [3.8, 4) is 21.7 Å². The Bertz CT molecular complexity index is 1720. The molecule has 0 aliphatic carbocycles. The van der Waals surface area contributed by atoms with Crippen molar-refractivity contribution in [1.29, 1.82) is 0 Å². The van der Waals surface area contributed by atoms with E-state index in [1.165, 1.54) is 29.5 Å². The molecule has 2 heterocycles. The normalized spacial score (nSPS) is 11.9. The molecule has 0 fully saturated rings. The summed E-state index contributed by atoms with van der Waals surface area (Å²) < 4.78 is 38.9. The maximum absolute atomic E-state index is 13.4. The molecule has 0 atom stereocenters. The molecule has 1 N–H and O–H groups in total. The molecular weight excluding hydrogens is 484 g/mol. The average Bonchev–Trinajstić information content (AvgIpc) is 3.27. The number of aromatic nitrogens is 1. The quantitative estimate of drug-likeness (QED) is 0.228. The standard InChI is InChI=1S/C26H22N2O5S2/c1-3-28(4-2)17-10-12-19-21(14-17)33-26(29)24(23(19)16-8-6-5-7-9-16)25-27-20-13-11-18(35(30,31)32)15-22(20)34-25/h5-15H,3-4H2,1-2H3,(H,30,31,32). The SMILES string of the molecule is CCN(CC)c1ccc2c(-c3ccccc3)c(-c3nc4ccc(S(=O)(=O)O)cc4s3)c(=O)oc2c1. The minimum atomic E-state index is -4.36. The highest BCUT2D eigenvalue weighted by Gasteiger charge is 2.22. The number of hydrogen-bond acceptors (Lipinski definition) is 7. The van der Waals surface area contributed by atoms with E-state index in [1.54, 1.807) is 0 Å². The van der Waals surface area contributed by atoms with E-state index in [2.05, 4.69) is 23.7 Å². The fourth-order valence-corrected chi connectivity index (χ4v) is 5.87. The molecular formula is C26H22N2O5S2. The van der Waals surface area contributed by atoms with E-state index in [1.807, 2.05) is 48.5 Å². The maximum atomic E-state index is 13.4. The number of thiazole rings is 1. The summed E-state index contributed by atoms with van der Waals surface area (Å²) in [6, 6.07) is 19.6. The third-order valence-corrected chi connectivity index (χ3v) is 7.84. The van der Waals surface area contributed by atoms with Crippen LogP contribution in [-0.4, -0.2) is 31.0 Å². The summed E-state index contributed by atoms with van der Waals surface area (Å²) in [5, 5.41) is 1.19. The molecule has 0 aliphatic rings. The molecule has 178 valence electrons. The van der Waals surface area contributed by atoms with E-state index in [9.17, 15) is 17.8 Å². The second-order valence-corrected chi connectivity index (χ2v) is 10.4. The molecule has 0 amide bonds. The third-order valence-electron chi connectivity index (χ3n) is 5.95. The lowest BCUT2D eigenvalue weighted by atomic mass is 9.97. The largest absolute Gasteiger partial charge is 0.422 e. The van der Waals surface area contributed by atoms with Crippen molar-refractivity contribution in [1.82, 2.24) is 4.98 Å². The van der Waals surface area contributed by atoms with Gasteiger partial charge in [-0.05, 0) is 49.7 Å². The number of anilines is 1. The Labute approximate surface area is 206 Å². The molecule has 5 rings (SSSR count). The maximum Gasteiger partial charge on any atom is 0.347 e. The van der Waals surface area contributed by atoms with E-state index < -0.39 is 15.7 Å². The predicted molar refractivity (Wildman–Crippen MR) is 140 cm³/mol. The lowest BCUT2D eigenvalue weighted by Gasteiger charge is -2.21. The zero-order chi connectivity index (χ0) is 24.7. The van der Waals surface area contributed by atoms with Crippen LogP contribution in [0.1, 0.15) is 13.8 Å². The highest BCUT2D eigenvalue weighted by Crippen LogP contribution is 2.40. The Morgan fingerprint density at radius 1 is 0.971 bits per heavy atom. The molecule has 7 nitrogen and oxygen atoms in total. The van der Waals surface area contributed by atoms with Gasteiger partial charge in [0.05, 0.1) is 15.1 Å². The van der Waals surface area contributed by atoms with Crippen LogP contribution in [0.25, 0.3) is 42.9 Å². The van der Waals surface area contributed by atoms with Gasteiger partial charge in [-0.1, -0.05) is 30.3 Å². The molecule has 5 aromatic rings. The van der Waals surface area contributed by atoms with Crippen molar-refractivity contribution in [2.75, 3.05) is 18.0 Å². The average molecular weight is 507 g/mol. The van der Waals surface area contributed by atoms with Crippen LogP contribution in [0.4, 0.5) is 5.69 Å². The fourth-order valence-electron chi connectivity index (χ4n) is 4.25. The van der Waals surface area contributed by atoms with Crippen LogP contribution in [0.2, 0.25) is 0 Å². The summed E-state index contributed by atoms with van der Waals surface area (Å²) >= 11 is 1.17. The van der Waals surface area contributed by atoms with Gasteiger partial charge in [-0.2, -0.15) is 8.42 Å². The second kappa shape index (κ2) is 8.92. The smallest absolute Gasteiger partial charge is 0.347 e. The minimum absolute atomic E-state index is 0.224. The van der Waals surface area contributed by atoms with Gasteiger partial charge in [0.2, 0.25) is 0 Å². The first kappa shape index (κ1) is 23.2. The van der Waals surface area contributed by atoms with E-state index in [0.29, 0.717) is 31.9 Å². The summed E-state index contributed by atoms with van der Waals surface area (Å²) in [6.45, 7) is 5.80. The second-order valence-electron chi connectivity index (χ2n) is 7.98. The van der Waals surface area contributed by atoms with Crippen molar-refractivity contribution < 1.29 is 17.4 Å². The molecule has 2 aromatic heterocycles. The lowest BCUT2D eigenvalue weighted by Crippen LogP contribution is -2.21. The molecule has 0 unspecified atom stereocenters. The van der Waals surface area contributed by atoms with Crippen molar-refractivity contribution in [2.24, 2.45) is 0 Å². The van der Waals surface area contributed by atoms with E-state index in [4.69, 9.17) is 4.42 Å². The van der Waals surface area contributed by atoms with Gasteiger partial charge in [-0.25, -0.2) is 9.78 Å². The third kappa shape index (κ3) is 4.22. The number of fused-ring (bicyclic) bond motifs is 2. The van der Waals surface area contributed by atoms with Gasteiger partial charge in [0.25, 0.3) is 10.1 Å². The zero-order valence-electron chi connectivity index (χ0n) is 19.1. The zero-order valence-corrected chi connectivity index (χ0v) is 20.7. The summed E-state index contributed by atoms with van der Waals surface area (Å²) in [5.41, 5.74) is 3.31. The first-order valence-corrected chi connectivity index (χ1v) is 13.4. The molecule has 35 heavy (non-hydrogen) atoms. The van der Waals surface area contributed by atoms with Crippen LogP contribution in [-0.2, 0) is 10.1 Å². The van der Waals surface area contributed by atoms with Crippen molar-refractivity contribution in [3.05, 3.63) is 77.2 Å². The predicted octanol–water partition coefficient (Wildman–Crippen LogP) is 5.83. The molecule has 0 radical (unpaired) electrons. The summed E-state index contributed by atoms with van der Waals surface area (Å²) in [4.78, 5) is 20.0. The highest BCUT2D eigenvalue weighted by atomic mass is 32.2. The Hall–Kier alpha value is -3.53. The van der Waals surface area contributed by atoms with E-state index >= 15 is 0 Å². The lowest BCUT2D eigenvalue weighted by molar-refractivity contribution is 0.483.